The lowest BCUT2D eigenvalue weighted by Gasteiger charge is -2.04. The van der Waals surface area contributed by atoms with Crippen LogP contribution in [0.5, 0.6) is 0 Å². The monoisotopic (exact) mass is 240 g/mol. The predicted molar refractivity (Wildman–Crippen MR) is 63.2 cm³/mol. The van der Waals surface area contributed by atoms with Crippen LogP contribution in [0.15, 0.2) is 15.8 Å². The quantitative estimate of drug-likeness (QED) is 0.468. The highest BCUT2D eigenvalue weighted by molar-refractivity contribution is 5.93. The maximum atomic E-state index is 11.5. The van der Waals surface area contributed by atoms with Crippen LogP contribution in [0.2, 0.25) is 0 Å². The SMILES string of the molecule is CCNCCCNC(=O)c1c[nH]c(=O)[nH]c1=O. The molecule has 0 aromatic carbocycles. The van der Waals surface area contributed by atoms with Gasteiger partial charge in [-0.15, -0.1) is 0 Å². The molecular weight excluding hydrogens is 224 g/mol. The molecule has 4 N–H and O–H groups in total. The molecule has 0 spiro atoms. The number of carbonyl (C=O) groups excluding carboxylic acids is 1. The Morgan fingerprint density at radius 3 is 2.76 bits per heavy atom. The third-order valence-electron chi connectivity index (χ3n) is 2.13. The largest absolute Gasteiger partial charge is 0.352 e. The number of H-pyrrole nitrogens is 2. The second kappa shape index (κ2) is 6.64. The van der Waals surface area contributed by atoms with Gasteiger partial charge in [0.15, 0.2) is 0 Å². The minimum Gasteiger partial charge on any atom is -0.352 e. The van der Waals surface area contributed by atoms with Crippen LogP contribution < -0.4 is 21.9 Å². The Labute approximate surface area is 97.6 Å². The molecule has 7 heteroatoms. The highest BCUT2D eigenvalue weighted by Crippen LogP contribution is 1.85. The van der Waals surface area contributed by atoms with Crippen LogP contribution in [0, 0.1) is 0 Å². The van der Waals surface area contributed by atoms with Crippen molar-refractivity contribution in [1.82, 2.24) is 20.6 Å². The van der Waals surface area contributed by atoms with Gasteiger partial charge < -0.3 is 15.6 Å². The van der Waals surface area contributed by atoms with Crippen molar-refractivity contribution >= 4 is 5.91 Å². The van der Waals surface area contributed by atoms with Crippen molar-refractivity contribution in [3.05, 3.63) is 32.6 Å². The van der Waals surface area contributed by atoms with Crippen LogP contribution in [0.3, 0.4) is 0 Å². The standard InChI is InChI=1S/C10H16N4O3/c1-2-11-4-3-5-12-8(15)7-6-13-10(17)14-9(7)16/h6,11H,2-5H2,1H3,(H,12,15)(H2,13,14,16,17). The van der Waals surface area contributed by atoms with Gasteiger partial charge in [-0.2, -0.15) is 0 Å². The molecule has 0 aliphatic rings. The fourth-order valence-corrected chi connectivity index (χ4v) is 1.27. The molecular formula is C10H16N4O3. The van der Waals surface area contributed by atoms with Crippen LogP contribution in [-0.4, -0.2) is 35.5 Å². The lowest BCUT2D eigenvalue weighted by Crippen LogP contribution is -2.34. The Morgan fingerprint density at radius 1 is 1.35 bits per heavy atom. The first-order valence-electron chi connectivity index (χ1n) is 5.46. The Morgan fingerprint density at radius 2 is 2.12 bits per heavy atom. The number of aromatic amines is 2. The molecule has 1 aromatic heterocycles. The van der Waals surface area contributed by atoms with Gasteiger partial charge in [0.25, 0.3) is 11.5 Å². The molecule has 0 fully saturated rings. The Kier molecular flexibility index (Phi) is 5.15. The molecule has 1 amide bonds. The molecule has 1 heterocycles. The second-order valence-corrected chi connectivity index (χ2v) is 3.45. The average Bonchev–Trinajstić information content (AvgIpc) is 2.28. The van der Waals surface area contributed by atoms with Crippen LogP contribution >= 0.6 is 0 Å². The van der Waals surface area contributed by atoms with Gasteiger partial charge in [0.1, 0.15) is 5.56 Å². The van der Waals surface area contributed by atoms with Gasteiger partial charge in [0, 0.05) is 12.7 Å². The van der Waals surface area contributed by atoms with Crippen LogP contribution in [0.1, 0.15) is 23.7 Å². The molecule has 7 nitrogen and oxygen atoms in total. The Hall–Kier alpha value is -1.89. The molecule has 0 radical (unpaired) electrons. The Balaban J connectivity index is 2.47. The van der Waals surface area contributed by atoms with E-state index in [1.54, 1.807) is 0 Å². The molecule has 17 heavy (non-hydrogen) atoms. The van der Waals surface area contributed by atoms with Crippen LogP contribution in [-0.2, 0) is 0 Å². The average molecular weight is 240 g/mol. The summed E-state index contributed by atoms with van der Waals surface area (Å²) in [6, 6.07) is 0. The Bertz CT molecular complexity index is 477. The van der Waals surface area contributed by atoms with Crippen molar-refractivity contribution in [2.45, 2.75) is 13.3 Å². The predicted octanol–water partition coefficient (Wildman–Crippen LogP) is -1.21. The molecule has 0 bridgehead atoms. The van der Waals surface area contributed by atoms with E-state index in [-0.39, 0.29) is 5.56 Å². The topological polar surface area (TPSA) is 107 Å². The minimum atomic E-state index is -0.682. The summed E-state index contributed by atoms with van der Waals surface area (Å²) in [7, 11) is 0. The zero-order valence-corrected chi connectivity index (χ0v) is 9.63. The van der Waals surface area contributed by atoms with E-state index in [0.717, 1.165) is 25.7 Å². The fourth-order valence-electron chi connectivity index (χ4n) is 1.27. The number of hydrogen-bond donors (Lipinski definition) is 4. The first-order valence-corrected chi connectivity index (χ1v) is 5.46. The first kappa shape index (κ1) is 13.2. The number of nitrogens with one attached hydrogen (secondary N) is 4. The molecule has 0 aliphatic carbocycles. The molecule has 0 unspecified atom stereocenters. The molecule has 1 aromatic rings. The zero-order valence-electron chi connectivity index (χ0n) is 9.63. The smallest absolute Gasteiger partial charge is 0.325 e. The molecule has 0 saturated heterocycles. The van der Waals surface area contributed by atoms with E-state index >= 15 is 0 Å². The lowest BCUT2D eigenvalue weighted by atomic mass is 10.3. The van der Waals surface area contributed by atoms with E-state index in [0.29, 0.717) is 6.54 Å². The zero-order chi connectivity index (χ0) is 12.7. The van der Waals surface area contributed by atoms with E-state index in [2.05, 4.69) is 15.6 Å². The summed E-state index contributed by atoms with van der Waals surface area (Å²) < 4.78 is 0. The fraction of sp³-hybridized carbons (Fsp3) is 0.500. The summed E-state index contributed by atoms with van der Waals surface area (Å²) >= 11 is 0. The van der Waals surface area contributed by atoms with Gasteiger partial charge in [-0.25, -0.2) is 4.79 Å². The van der Waals surface area contributed by atoms with Crippen molar-refractivity contribution in [2.24, 2.45) is 0 Å². The summed E-state index contributed by atoms with van der Waals surface area (Å²) in [6.45, 7) is 4.16. The third-order valence-corrected chi connectivity index (χ3v) is 2.13. The van der Waals surface area contributed by atoms with Crippen molar-refractivity contribution in [3.8, 4) is 0 Å². The molecule has 0 saturated carbocycles. The third kappa shape index (κ3) is 4.23. The number of aromatic nitrogens is 2. The van der Waals surface area contributed by atoms with Crippen molar-refractivity contribution < 1.29 is 4.79 Å². The second-order valence-electron chi connectivity index (χ2n) is 3.45. The van der Waals surface area contributed by atoms with Gasteiger partial charge in [0.05, 0.1) is 0 Å². The summed E-state index contributed by atoms with van der Waals surface area (Å²) in [5.41, 5.74) is -1.40. The van der Waals surface area contributed by atoms with E-state index in [9.17, 15) is 14.4 Å². The summed E-state index contributed by atoms with van der Waals surface area (Å²) in [4.78, 5) is 37.8. The van der Waals surface area contributed by atoms with E-state index in [4.69, 9.17) is 0 Å². The van der Waals surface area contributed by atoms with Gasteiger partial charge >= 0.3 is 5.69 Å². The van der Waals surface area contributed by atoms with Crippen LogP contribution in [0.25, 0.3) is 0 Å². The minimum absolute atomic E-state index is 0.0898. The summed E-state index contributed by atoms with van der Waals surface area (Å²) in [5.74, 6) is -0.487. The highest BCUT2D eigenvalue weighted by Gasteiger charge is 2.09. The number of amides is 1. The van der Waals surface area contributed by atoms with Gasteiger partial charge in [-0.1, -0.05) is 6.92 Å². The molecule has 94 valence electrons. The number of carbonyl (C=O) groups is 1. The van der Waals surface area contributed by atoms with Crippen molar-refractivity contribution in [3.63, 3.8) is 0 Å². The molecule has 1 rings (SSSR count). The number of hydrogen-bond acceptors (Lipinski definition) is 4. The summed E-state index contributed by atoms with van der Waals surface area (Å²) in [6.07, 6.45) is 1.89. The molecule has 0 atom stereocenters. The van der Waals surface area contributed by atoms with Crippen molar-refractivity contribution in [2.75, 3.05) is 19.6 Å². The van der Waals surface area contributed by atoms with Gasteiger partial charge in [-0.05, 0) is 19.5 Å². The summed E-state index contributed by atoms with van der Waals surface area (Å²) in [5, 5.41) is 5.71. The normalized spacial score (nSPS) is 10.2. The maximum absolute atomic E-state index is 11.5. The first-order chi connectivity index (χ1) is 8.15. The highest BCUT2D eigenvalue weighted by atomic mass is 16.2. The number of rotatable bonds is 6. The van der Waals surface area contributed by atoms with E-state index in [1.165, 1.54) is 0 Å². The van der Waals surface area contributed by atoms with E-state index < -0.39 is 17.2 Å². The van der Waals surface area contributed by atoms with Crippen molar-refractivity contribution in [1.29, 1.82) is 0 Å². The van der Waals surface area contributed by atoms with E-state index in [1.807, 2.05) is 11.9 Å². The van der Waals surface area contributed by atoms with Gasteiger partial charge in [-0.3, -0.25) is 14.6 Å². The lowest BCUT2D eigenvalue weighted by molar-refractivity contribution is 0.0951. The molecule has 0 aliphatic heterocycles. The van der Waals surface area contributed by atoms with Crippen LogP contribution in [0.4, 0.5) is 0 Å². The van der Waals surface area contributed by atoms with Gasteiger partial charge in [0.2, 0.25) is 0 Å². The maximum Gasteiger partial charge on any atom is 0.325 e.